The lowest BCUT2D eigenvalue weighted by Crippen LogP contribution is -2.46. The first-order chi connectivity index (χ1) is 16.6. The minimum absolute atomic E-state index is 0.103. The molecule has 1 aliphatic rings. The molecule has 35 heavy (non-hydrogen) atoms. The molecule has 4 rings (SSSR count). The lowest BCUT2D eigenvalue weighted by molar-refractivity contribution is 0.0870. The lowest BCUT2D eigenvalue weighted by atomic mass is 10.0. The SMILES string of the molecule is CN1CCCn2c1c(Nc1ccncc1C(=O)NC(C)(C)CO)cc(-c1cc(Cl)ccc1F)c2=O. The van der Waals surface area contributed by atoms with E-state index in [0.29, 0.717) is 28.8 Å². The number of carbonyl (C=O) groups is 1. The molecule has 0 fully saturated rings. The fourth-order valence-corrected chi connectivity index (χ4v) is 4.25. The van der Waals surface area contributed by atoms with Crippen molar-refractivity contribution >= 4 is 34.7 Å². The molecule has 3 N–H and O–H groups in total. The van der Waals surface area contributed by atoms with E-state index >= 15 is 0 Å². The van der Waals surface area contributed by atoms with Crippen molar-refractivity contribution < 1.29 is 14.3 Å². The van der Waals surface area contributed by atoms with Crippen LogP contribution in [0.25, 0.3) is 11.1 Å². The second-order valence-electron chi connectivity index (χ2n) is 9.19. The fraction of sp³-hybridized carbons (Fsp3) is 0.320. The summed E-state index contributed by atoms with van der Waals surface area (Å²) < 4.78 is 16.4. The van der Waals surface area contributed by atoms with E-state index in [2.05, 4.69) is 15.6 Å². The molecule has 2 aromatic heterocycles. The molecule has 3 aromatic rings. The van der Waals surface area contributed by atoms with Gasteiger partial charge in [-0.25, -0.2) is 4.39 Å². The maximum atomic E-state index is 14.7. The van der Waals surface area contributed by atoms with Crippen LogP contribution in [0.1, 0.15) is 30.6 Å². The van der Waals surface area contributed by atoms with Gasteiger partial charge < -0.3 is 20.6 Å². The average Bonchev–Trinajstić information content (AvgIpc) is 2.82. The van der Waals surface area contributed by atoms with Gasteiger partial charge in [-0.15, -0.1) is 0 Å². The standard InChI is InChI=1S/C25H27ClFN5O3/c1-25(2,14-33)30-22(34)18-13-28-8-7-20(18)29-21-12-17(16-11-15(26)5-6-19(16)27)24(35)32-10-4-9-31(3)23(21)32/h5-8,11-13,33H,4,9-10,14H2,1-3H3,(H,28,29)(H,30,34). The quantitative estimate of drug-likeness (QED) is 0.477. The number of aliphatic hydroxyl groups is 1. The summed E-state index contributed by atoms with van der Waals surface area (Å²) in [5.41, 5.74) is 0.344. The molecule has 0 unspecified atom stereocenters. The molecular weight excluding hydrogens is 473 g/mol. The number of hydrogen-bond acceptors (Lipinski definition) is 6. The molecular formula is C25H27ClFN5O3. The van der Waals surface area contributed by atoms with Crippen LogP contribution in [0.3, 0.4) is 0 Å². The Balaban J connectivity index is 1.85. The molecule has 0 spiro atoms. The van der Waals surface area contributed by atoms with Crippen molar-refractivity contribution in [2.24, 2.45) is 0 Å². The molecule has 0 atom stereocenters. The highest BCUT2D eigenvalue weighted by atomic mass is 35.5. The average molecular weight is 500 g/mol. The third kappa shape index (κ3) is 5.01. The van der Waals surface area contributed by atoms with E-state index in [1.165, 1.54) is 24.4 Å². The van der Waals surface area contributed by atoms with Crippen LogP contribution in [0.15, 0.2) is 47.5 Å². The first-order valence-corrected chi connectivity index (χ1v) is 11.6. The second kappa shape index (κ2) is 9.67. The van der Waals surface area contributed by atoms with Crippen LogP contribution in [0.5, 0.6) is 0 Å². The van der Waals surface area contributed by atoms with E-state index in [0.717, 1.165) is 13.0 Å². The molecule has 0 saturated carbocycles. The molecule has 1 aromatic carbocycles. The van der Waals surface area contributed by atoms with Gasteiger partial charge in [-0.3, -0.25) is 19.1 Å². The number of benzene rings is 1. The van der Waals surface area contributed by atoms with Crippen LogP contribution >= 0.6 is 11.6 Å². The zero-order valence-corrected chi connectivity index (χ0v) is 20.5. The van der Waals surface area contributed by atoms with Gasteiger partial charge in [0, 0.05) is 43.1 Å². The van der Waals surface area contributed by atoms with Crippen LogP contribution in [-0.2, 0) is 6.54 Å². The van der Waals surface area contributed by atoms with Crippen molar-refractivity contribution in [3.63, 3.8) is 0 Å². The largest absolute Gasteiger partial charge is 0.394 e. The van der Waals surface area contributed by atoms with Gasteiger partial charge in [-0.05, 0) is 50.6 Å². The van der Waals surface area contributed by atoms with E-state index in [9.17, 15) is 19.1 Å². The summed E-state index contributed by atoms with van der Waals surface area (Å²) in [6.45, 7) is 4.37. The van der Waals surface area contributed by atoms with E-state index in [1.54, 1.807) is 36.7 Å². The first kappa shape index (κ1) is 24.7. The molecule has 1 amide bonds. The maximum Gasteiger partial charge on any atom is 0.260 e. The Bertz CT molecular complexity index is 1340. The molecule has 8 nitrogen and oxygen atoms in total. The molecule has 3 heterocycles. The molecule has 10 heteroatoms. The second-order valence-corrected chi connectivity index (χ2v) is 9.63. The summed E-state index contributed by atoms with van der Waals surface area (Å²) in [7, 11) is 1.87. The third-order valence-electron chi connectivity index (χ3n) is 5.90. The Kier molecular flexibility index (Phi) is 6.82. The number of nitrogens with zero attached hydrogens (tertiary/aromatic N) is 3. The predicted molar refractivity (Wildman–Crippen MR) is 135 cm³/mol. The Morgan fingerprint density at radius 1 is 1.20 bits per heavy atom. The van der Waals surface area contributed by atoms with Crippen molar-refractivity contribution in [2.75, 3.05) is 30.4 Å². The molecule has 0 saturated heterocycles. The highest BCUT2D eigenvalue weighted by Crippen LogP contribution is 2.35. The van der Waals surface area contributed by atoms with E-state index in [4.69, 9.17) is 11.6 Å². The normalized spacial score (nSPS) is 13.4. The summed E-state index contributed by atoms with van der Waals surface area (Å²) >= 11 is 6.11. The number of rotatable bonds is 6. The summed E-state index contributed by atoms with van der Waals surface area (Å²) in [6, 6.07) is 7.32. The monoisotopic (exact) mass is 499 g/mol. The number of nitrogens with one attached hydrogen (secondary N) is 2. The van der Waals surface area contributed by atoms with Crippen LogP contribution in [-0.4, -0.2) is 46.3 Å². The topological polar surface area (TPSA) is 99.5 Å². The van der Waals surface area contributed by atoms with Gasteiger partial charge in [0.2, 0.25) is 0 Å². The summed E-state index contributed by atoms with van der Waals surface area (Å²) in [4.78, 5) is 32.4. The van der Waals surface area contributed by atoms with Crippen molar-refractivity contribution in [3.05, 3.63) is 69.5 Å². The smallest absolute Gasteiger partial charge is 0.260 e. The highest BCUT2D eigenvalue weighted by molar-refractivity contribution is 6.30. The summed E-state index contributed by atoms with van der Waals surface area (Å²) in [5, 5.41) is 15.9. The minimum atomic E-state index is -0.832. The zero-order chi connectivity index (χ0) is 25.3. The third-order valence-corrected chi connectivity index (χ3v) is 6.13. The van der Waals surface area contributed by atoms with Crippen molar-refractivity contribution in [1.29, 1.82) is 0 Å². The van der Waals surface area contributed by atoms with Gasteiger partial charge in [0.15, 0.2) is 0 Å². The molecule has 1 aliphatic heterocycles. The van der Waals surface area contributed by atoms with Crippen LogP contribution in [0.4, 0.5) is 21.6 Å². The predicted octanol–water partition coefficient (Wildman–Crippen LogP) is 3.79. The van der Waals surface area contributed by atoms with Crippen molar-refractivity contribution in [2.45, 2.75) is 32.4 Å². The van der Waals surface area contributed by atoms with E-state index in [1.807, 2.05) is 11.9 Å². The number of aromatic nitrogens is 2. The van der Waals surface area contributed by atoms with Crippen LogP contribution < -0.4 is 21.1 Å². The summed E-state index contributed by atoms with van der Waals surface area (Å²) in [5.74, 6) is -0.347. The van der Waals surface area contributed by atoms with Crippen LogP contribution in [0, 0.1) is 5.82 Å². The number of fused-ring (bicyclic) bond motifs is 1. The Morgan fingerprint density at radius 3 is 2.71 bits per heavy atom. The molecule has 0 bridgehead atoms. The van der Waals surface area contributed by atoms with Crippen LogP contribution in [0.2, 0.25) is 5.02 Å². The van der Waals surface area contributed by atoms with Gasteiger partial charge in [0.05, 0.1) is 34.6 Å². The van der Waals surface area contributed by atoms with Gasteiger partial charge >= 0.3 is 0 Å². The first-order valence-electron chi connectivity index (χ1n) is 11.2. The number of carbonyl (C=O) groups excluding carboxylic acids is 1. The maximum absolute atomic E-state index is 14.7. The van der Waals surface area contributed by atoms with E-state index < -0.39 is 17.3 Å². The Labute approximate surface area is 207 Å². The fourth-order valence-electron chi connectivity index (χ4n) is 4.08. The molecule has 184 valence electrons. The minimum Gasteiger partial charge on any atom is -0.394 e. The van der Waals surface area contributed by atoms with Gasteiger partial charge in [0.1, 0.15) is 11.6 Å². The lowest BCUT2D eigenvalue weighted by Gasteiger charge is -2.32. The number of hydrogen-bond donors (Lipinski definition) is 3. The van der Waals surface area contributed by atoms with Gasteiger partial charge in [-0.1, -0.05) is 11.6 Å². The van der Waals surface area contributed by atoms with Crippen molar-refractivity contribution in [3.8, 4) is 11.1 Å². The van der Waals surface area contributed by atoms with E-state index in [-0.39, 0.29) is 28.9 Å². The number of aliphatic hydroxyl groups excluding tert-OH is 1. The Morgan fingerprint density at radius 2 is 1.97 bits per heavy atom. The van der Waals surface area contributed by atoms with Gasteiger partial charge in [-0.2, -0.15) is 0 Å². The number of anilines is 3. The molecule has 0 aliphatic carbocycles. The zero-order valence-electron chi connectivity index (χ0n) is 19.7. The van der Waals surface area contributed by atoms with Gasteiger partial charge in [0.25, 0.3) is 11.5 Å². The number of pyridine rings is 2. The molecule has 0 radical (unpaired) electrons. The highest BCUT2D eigenvalue weighted by Gasteiger charge is 2.26. The summed E-state index contributed by atoms with van der Waals surface area (Å²) in [6.07, 6.45) is 3.72. The van der Waals surface area contributed by atoms with Crippen molar-refractivity contribution in [1.82, 2.24) is 14.9 Å². The number of amides is 1. The number of halogens is 2. The Hall–Kier alpha value is -3.43.